The number of nitrogens with one attached hydrogen (secondary N) is 1. The zero-order chi connectivity index (χ0) is 26.0. The number of nitrogens with zero attached hydrogens (tertiary/aromatic N) is 3. The van der Waals surface area contributed by atoms with Gasteiger partial charge in [-0.1, -0.05) is 50.6 Å². The Kier molecular flexibility index (Phi) is 6.95. The van der Waals surface area contributed by atoms with Crippen LogP contribution in [0, 0.1) is 12.3 Å². The van der Waals surface area contributed by atoms with Gasteiger partial charge >= 0.3 is 5.97 Å². The molecule has 0 bridgehead atoms. The van der Waals surface area contributed by atoms with Gasteiger partial charge in [0, 0.05) is 28.3 Å². The number of imidazole rings is 1. The summed E-state index contributed by atoms with van der Waals surface area (Å²) < 4.78 is 6.35. The number of carbonyl (C=O) groups is 2. The van der Waals surface area contributed by atoms with Gasteiger partial charge in [-0.15, -0.1) is 0 Å². The molecule has 184 valence electrons. The molecule has 4 aromatic rings. The molecule has 0 radical (unpaired) electrons. The largest absolute Gasteiger partial charge is 0.466 e. The summed E-state index contributed by atoms with van der Waals surface area (Å²) in [6.07, 6.45) is 4.85. The summed E-state index contributed by atoms with van der Waals surface area (Å²) in [6.45, 7) is 7.59. The fraction of sp³-hybridized carbons (Fsp3) is 0.214. The SMILES string of the molecule is COC(=O)C=Cc1ccc(Cl)c(-c2ccc3nc(-c4ccc(C)c(NC(=O)C(C)(C)C)c4)cn3n2)c1. The van der Waals surface area contributed by atoms with Crippen LogP contribution in [0.4, 0.5) is 5.69 Å². The minimum atomic E-state index is -0.500. The van der Waals surface area contributed by atoms with Crippen molar-refractivity contribution in [2.45, 2.75) is 27.7 Å². The first-order valence-corrected chi connectivity index (χ1v) is 11.8. The van der Waals surface area contributed by atoms with E-state index in [4.69, 9.17) is 21.7 Å². The monoisotopic (exact) mass is 502 g/mol. The smallest absolute Gasteiger partial charge is 0.330 e. The maximum Gasteiger partial charge on any atom is 0.330 e. The van der Waals surface area contributed by atoms with Crippen molar-refractivity contribution in [2.24, 2.45) is 5.41 Å². The van der Waals surface area contributed by atoms with Crippen LogP contribution in [0.5, 0.6) is 0 Å². The first-order chi connectivity index (χ1) is 17.0. The van der Waals surface area contributed by atoms with E-state index in [1.165, 1.54) is 13.2 Å². The maximum absolute atomic E-state index is 12.5. The number of amides is 1. The van der Waals surface area contributed by atoms with Crippen molar-refractivity contribution in [1.82, 2.24) is 14.6 Å². The van der Waals surface area contributed by atoms with Gasteiger partial charge < -0.3 is 10.1 Å². The summed E-state index contributed by atoms with van der Waals surface area (Å²) in [7, 11) is 1.33. The lowest BCUT2D eigenvalue weighted by Crippen LogP contribution is -2.27. The number of aryl methyl sites for hydroxylation is 1. The summed E-state index contributed by atoms with van der Waals surface area (Å²) in [5.41, 5.74) is 5.66. The fourth-order valence-electron chi connectivity index (χ4n) is 3.47. The van der Waals surface area contributed by atoms with Crippen LogP contribution in [0.3, 0.4) is 0 Å². The molecule has 8 heteroatoms. The molecule has 1 amide bonds. The average Bonchev–Trinajstić information content (AvgIpc) is 3.27. The standard InChI is InChI=1S/C28H27ClN4O3/c1-17-6-9-19(15-23(17)31-27(35)28(2,3)4)24-16-33-25(30-24)12-11-22(32-33)20-14-18(7-10-21(20)29)8-13-26(34)36-5/h6-16H,1-5H3,(H,31,35). The highest BCUT2D eigenvalue weighted by Gasteiger charge is 2.22. The van der Waals surface area contributed by atoms with E-state index in [0.717, 1.165) is 33.6 Å². The summed E-state index contributed by atoms with van der Waals surface area (Å²) in [5.74, 6) is -0.487. The lowest BCUT2D eigenvalue weighted by Gasteiger charge is -2.19. The maximum atomic E-state index is 12.5. The number of rotatable bonds is 5. The molecule has 0 atom stereocenters. The number of anilines is 1. The Hall–Kier alpha value is -3.97. The van der Waals surface area contributed by atoms with Crippen LogP contribution in [0.1, 0.15) is 31.9 Å². The van der Waals surface area contributed by atoms with E-state index in [-0.39, 0.29) is 5.91 Å². The third-order valence-corrected chi connectivity index (χ3v) is 5.99. The summed E-state index contributed by atoms with van der Waals surface area (Å²) in [5, 5.41) is 8.27. The summed E-state index contributed by atoms with van der Waals surface area (Å²) >= 11 is 6.46. The van der Waals surface area contributed by atoms with Crippen molar-refractivity contribution in [1.29, 1.82) is 0 Å². The van der Waals surface area contributed by atoms with Gasteiger partial charge in [-0.3, -0.25) is 4.79 Å². The molecule has 0 aliphatic carbocycles. The number of halogens is 1. The molecule has 0 unspecified atom stereocenters. The first-order valence-electron chi connectivity index (χ1n) is 11.4. The molecule has 2 heterocycles. The van der Waals surface area contributed by atoms with Gasteiger partial charge in [0.2, 0.25) is 5.91 Å². The number of aromatic nitrogens is 3. The second kappa shape index (κ2) is 9.95. The molecule has 7 nitrogen and oxygen atoms in total. The van der Waals surface area contributed by atoms with E-state index in [9.17, 15) is 9.59 Å². The number of ether oxygens (including phenoxy) is 1. The minimum absolute atomic E-state index is 0.0513. The predicted molar refractivity (Wildman–Crippen MR) is 143 cm³/mol. The molecule has 0 saturated carbocycles. The molecule has 0 saturated heterocycles. The lowest BCUT2D eigenvalue weighted by molar-refractivity contribution is -0.134. The predicted octanol–water partition coefficient (Wildman–Crippen LogP) is 6.20. The Morgan fingerprint density at radius 3 is 2.56 bits per heavy atom. The van der Waals surface area contributed by atoms with Crippen molar-refractivity contribution in [2.75, 3.05) is 12.4 Å². The molecule has 36 heavy (non-hydrogen) atoms. The molecule has 0 aliphatic rings. The highest BCUT2D eigenvalue weighted by atomic mass is 35.5. The van der Waals surface area contributed by atoms with Gasteiger partial charge in [0.15, 0.2) is 5.65 Å². The third kappa shape index (κ3) is 5.47. The van der Waals surface area contributed by atoms with Crippen molar-refractivity contribution >= 4 is 40.9 Å². The first kappa shape index (κ1) is 25.1. The normalized spacial score (nSPS) is 11.7. The van der Waals surface area contributed by atoms with Crippen LogP contribution in [0.2, 0.25) is 5.02 Å². The average molecular weight is 503 g/mol. The van der Waals surface area contributed by atoms with Crippen LogP contribution in [0.15, 0.2) is 60.8 Å². The zero-order valence-corrected chi connectivity index (χ0v) is 21.6. The number of fused-ring (bicyclic) bond motifs is 1. The van der Waals surface area contributed by atoms with E-state index in [2.05, 4.69) is 10.1 Å². The quantitative estimate of drug-likeness (QED) is 0.259. The number of benzene rings is 2. The minimum Gasteiger partial charge on any atom is -0.466 e. The molecule has 2 aromatic carbocycles. The van der Waals surface area contributed by atoms with E-state index in [1.54, 1.807) is 16.7 Å². The van der Waals surface area contributed by atoms with E-state index < -0.39 is 11.4 Å². The van der Waals surface area contributed by atoms with E-state index in [1.807, 2.05) is 76.4 Å². The number of hydrogen-bond acceptors (Lipinski definition) is 5. The second-order valence-electron chi connectivity index (χ2n) is 9.48. The molecular weight excluding hydrogens is 476 g/mol. The van der Waals surface area contributed by atoms with E-state index in [0.29, 0.717) is 16.4 Å². The Balaban J connectivity index is 1.67. The van der Waals surface area contributed by atoms with Gasteiger partial charge in [0.1, 0.15) is 0 Å². The highest BCUT2D eigenvalue weighted by Crippen LogP contribution is 2.30. The Morgan fingerprint density at radius 1 is 1.06 bits per heavy atom. The summed E-state index contributed by atoms with van der Waals surface area (Å²) in [6, 6.07) is 15.0. The van der Waals surface area contributed by atoms with Gasteiger partial charge in [0.05, 0.1) is 29.7 Å². The molecule has 0 spiro atoms. The van der Waals surface area contributed by atoms with Gasteiger partial charge in [-0.2, -0.15) is 5.10 Å². The van der Waals surface area contributed by atoms with Crippen LogP contribution in [-0.4, -0.2) is 33.6 Å². The van der Waals surface area contributed by atoms with Crippen molar-refractivity contribution in [3.8, 4) is 22.5 Å². The Labute approximate surface area is 214 Å². The molecule has 0 aliphatic heterocycles. The molecule has 2 aromatic heterocycles. The van der Waals surface area contributed by atoms with Crippen LogP contribution in [-0.2, 0) is 14.3 Å². The molecule has 4 rings (SSSR count). The van der Waals surface area contributed by atoms with Gasteiger partial charge in [0.25, 0.3) is 0 Å². The fourth-order valence-corrected chi connectivity index (χ4v) is 3.68. The topological polar surface area (TPSA) is 85.6 Å². The van der Waals surface area contributed by atoms with Crippen LogP contribution in [0.25, 0.3) is 34.2 Å². The van der Waals surface area contributed by atoms with Crippen molar-refractivity contribution in [3.05, 3.63) is 77.0 Å². The number of carbonyl (C=O) groups excluding carboxylic acids is 2. The molecular formula is C28H27ClN4O3. The van der Waals surface area contributed by atoms with Gasteiger partial charge in [-0.25, -0.2) is 14.3 Å². The van der Waals surface area contributed by atoms with Crippen LogP contribution < -0.4 is 5.32 Å². The summed E-state index contributed by atoms with van der Waals surface area (Å²) in [4.78, 5) is 28.6. The zero-order valence-electron chi connectivity index (χ0n) is 20.8. The highest BCUT2D eigenvalue weighted by molar-refractivity contribution is 6.33. The Bertz CT molecular complexity index is 1500. The molecule has 0 fully saturated rings. The number of hydrogen-bond donors (Lipinski definition) is 1. The number of esters is 1. The second-order valence-corrected chi connectivity index (χ2v) is 9.88. The van der Waals surface area contributed by atoms with Crippen molar-refractivity contribution in [3.63, 3.8) is 0 Å². The number of methoxy groups -OCH3 is 1. The van der Waals surface area contributed by atoms with Crippen molar-refractivity contribution < 1.29 is 14.3 Å². The molecule has 1 N–H and O–H groups in total. The van der Waals surface area contributed by atoms with Crippen LogP contribution >= 0.6 is 11.6 Å². The van der Waals surface area contributed by atoms with E-state index >= 15 is 0 Å². The van der Waals surface area contributed by atoms with Gasteiger partial charge in [-0.05, 0) is 54.5 Å². The Morgan fingerprint density at radius 2 is 1.83 bits per heavy atom. The lowest BCUT2D eigenvalue weighted by atomic mass is 9.95. The third-order valence-electron chi connectivity index (χ3n) is 5.66.